The standard InChI is InChI=1S/C19H21NO4/c1-12-15(11-16(24-12)19(2,3)4)18(23)20-14-7-5-6-13(10-14)8-9-17(21)22/h5-11H,1-4H3,(H,20,23)(H,21,22)/p-1. The Kier molecular flexibility index (Phi) is 4.93. The molecule has 5 nitrogen and oxygen atoms in total. The van der Waals surface area contributed by atoms with Gasteiger partial charge >= 0.3 is 0 Å². The van der Waals surface area contributed by atoms with Gasteiger partial charge in [0.15, 0.2) is 0 Å². The fourth-order valence-electron chi connectivity index (χ4n) is 2.16. The number of hydrogen-bond acceptors (Lipinski definition) is 4. The number of carbonyl (C=O) groups excluding carboxylic acids is 2. The summed E-state index contributed by atoms with van der Waals surface area (Å²) in [5.41, 5.74) is 1.52. The van der Waals surface area contributed by atoms with Crippen LogP contribution in [0.25, 0.3) is 6.08 Å². The van der Waals surface area contributed by atoms with Crippen molar-refractivity contribution in [3.63, 3.8) is 0 Å². The molecule has 0 bridgehead atoms. The first-order valence-corrected chi connectivity index (χ1v) is 7.58. The monoisotopic (exact) mass is 326 g/mol. The van der Waals surface area contributed by atoms with Crippen molar-refractivity contribution in [2.45, 2.75) is 33.1 Å². The minimum atomic E-state index is -1.27. The summed E-state index contributed by atoms with van der Waals surface area (Å²) in [4.78, 5) is 22.9. The first-order chi connectivity index (χ1) is 11.2. The Morgan fingerprint density at radius 1 is 1.21 bits per heavy atom. The molecule has 0 aliphatic carbocycles. The molecule has 0 aliphatic heterocycles. The summed E-state index contributed by atoms with van der Waals surface area (Å²) in [6.07, 6.45) is 2.35. The van der Waals surface area contributed by atoms with Crippen LogP contribution >= 0.6 is 0 Å². The van der Waals surface area contributed by atoms with Gasteiger partial charge in [-0.1, -0.05) is 39.0 Å². The highest BCUT2D eigenvalue weighted by Crippen LogP contribution is 2.27. The van der Waals surface area contributed by atoms with Crippen molar-refractivity contribution in [1.82, 2.24) is 0 Å². The zero-order valence-electron chi connectivity index (χ0n) is 14.2. The Hall–Kier alpha value is -2.82. The van der Waals surface area contributed by atoms with Crippen molar-refractivity contribution >= 4 is 23.6 Å². The van der Waals surface area contributed by atoms with Crippen molar-refractivity contribution in [1.29, 1.82) is 0 Å². The molecule has 0 radical (unpaired) electrons. The molecule has 1 aromatic heterocycles. The molecular formula is C19H20NO4-. The first kappa shape index (κ1) is 17.5. The highest BCUT2D eigenvalue weighted by Gasteiger charge is 2.23. The van der Waals surface area contributed by atoms with Crippen LogP contribution in [0.15, 0.2) is 40.8 Å². The average molecular weight is 326 g/mol. The molecule has 1 aromatic carbocycles. The van der Waals surface area contributed by atoms with Gasteiger partial charge in [-0.15, -0.1) is 0 Å². The van der Waals surface area contributed by atoms with E-state index in [0.717, 1.165) is 11.8 Å². The number of nitrogens with one attached hydrogen (secondary N) is 1. The van der Waals surface area contributed by atoms with Crippen molar-refractivity contribution in [2.75, 3.05) is 5.32 Å². The molecule has 0 unspecified atom stereocenters. The largest absolute Gasteiger partial charge is 0.545 e. The number of rotatable bonds is 4. The fraction of sp³-hybridized carbons (Fsp3) is 0.263. The molecule has 2 rings (SSSR count). The second kappa shape index (κ2) is 6.74. The molecule has 5 heteroatoms. The number of anilines is 1. The van der Waals surface area contributed by atoms with E-state index >= 15 is 0 Å². The highest BCUT2D eigenvalue weighted by atomic mass is 16.4. The zero-order chi connectivity index (χ0) is 17.9. The number of hydrogen-bond donors (Lipinski definition) is 1. The topological polar surface area (TPSA) is 82.4 Å². The van der Waals surface area contributed by atoms with Crippen LogP contribution in [0.3, 0.4) is 0 Å². The van der Waals surface area contributed by atoms with Gasteiger partial charge in [0.25, 0.3) is 5.91 Å². The van der Waals surface area contributed by atoms with E-state index in [1.165, 1.54) is 6.08 Å². The number of amides is 1. The van der Waals surface area contributed by atoms with Gasteiger partial charge in [0.05, 0.1) is 11.5 Å². The normalized spacial score (nSPS) is 11.7. The second-order valence-electron chi connectivity index (χ2n) is 6.56. The van der Waals surface area contributed by atoms with E-state index in [9.17, 15) is 14.7 Å². The van der Waals surface area contributed by atoms with Gasteiger partial charge in [-0.25, -0.2) is 0 Å². The van der Waals surface area contributed by atoms with Crippen LogP contribution in [0.1, 0.15) is 48.2 Å². The van der Waals surface area contributed by atoms with Gasteiger partial charge in [0.1, 0.15) is 11.5 Å². The van der Waals surface area contributed by atoms with Crippen LogP contribution in [-0.2, 0) is 10.2 Å². The summed E-state index contributed by atoms with van der Waals surface area (Å²) < 4.78 is 5.68. The summed E-state index contributed by atoms with van der Waals surface area (Å²) in [7, 11) is 0. The number of carbonyl (C=O) groups is 2. The van der Waals surface area contributed by atoms with Gasteiger partial charge in [-0.3, -0.25) is 4.79 Å². The summed E-state index contributed by atoms with van der Waals surface area (Å²) >= 11 is 0. The van der Waals surface area contributed by atoms with E-state index in [-0.39, 0.29) is 11.3 Å². The number of aryl methyl sites for hydroxylation is 1. The van der Waals surface area contributed by atoms with Gasteiger partial charge in [0, 0.05) is 11.1 Å². The lowest BCUT2D eigenvalue weighted by molar-refractivity contribution is -0.297. The first-order valence-electron chi connectivity index (χ1n) is 7.58. The van der Waals surface area contributed by atoms with E-state index in [1.807, 2.05) is 20.8 Å². The lowest BCUT2D eigenvalue weighted by Gasteiger charge is -2.13. The van der Waals surface area contributed by atoms with Crippen molar-refractivity contribution in [3.8, 4) is 0 Å². The molecule has 0 fully saturated rings. The predicted octanol–water partition coefficient (Wildman–Crippen LogP) is 2.90. The molecular weight excluding hydrogens is 306 g/mol. The van der Waals surface area contributed by atoms with E-state index in [1.54, 1.807) is 37.3 Å². The van der Waals surface area contributed by atoms with E-state index < -0.39 is 5.97 Å². The van der Waals surface area contributed by atoms with Crippen molar-refractivity contribution in [3.05, 3.63) is 59.1 Å². The smallest absolute Gasteiger partial charge is 0.259 e. The molecule has 126 valence electrons. The maximum Gasteiger partial charge on any atom is 0.259 e. The molecule has 24 heavy (non-hydrogen) atoms. The molecule has 1 heterocycles. The van der Waals surface area contributed by atoms with Gasteiger partial charge in [-0.05, 0) is 36.8 Å². The van der Waals surface area contributed by atoms with Crippen LogP contribution < -0.4 is 10.4 Å². The Labute approximate surface area is 141 Å². The fourth-order valence-corrected chi connectivity index (χ4v) is 2.16. The summed E-state index contributed by atoms with van der Waals surface area (Å²) in [6.45, 7) is 7.80. The predicted molar refractivity (Wildman–Crippen MR) is 90.6 cm³/mol. The number of aliphatic carboxylic acids is 1. The third kappa shape index (κ3) is 4.35. The van der Waals surface area contributed by atoms with E-state index in [4.69, 9.17) is 4.42 Å². The quantitative estimate of drug-likeness (QED) is 0.876. The second-order valence-corrected chi connectivity index (χ2v) is 6.56. The van der Waals surface area contributed by atoms with Crippen LogP contribution in [0.2, 0.25) is 0 Å². The highest BCUT2D eigenvalue weighted by molar-refractivity contribution is 6.05. The Bertz CT molecular complexity index is 794. The third-order valence-corrected chi connectivity index (χ3v) is 3.46. The van der Waals surface area contributed by atoms with Crippen LogP contribution in [0.5, 0.6) is 0 Å². The molecule has 0 atom stereocenters. The van der Waals surface area contributed by atoms with Gasteiger partial charge in [-0.2, -0.15) is 0 Å². The van der Waals surface area contributed by atoms with Crippen LogP contribution in [-0.4, -0.2) is 11.9 Å². The third-order valence-electron chi connectivity index (χ3n) is 3.46. The zero-order valence-corrected chi connectivity index (χ0v) is 14.2. The summed E-state index contributed by atoms with van der Waals surface area (Å²) in [6, 6.07) is 8.62. The lowest BCUT2D eigenvalue weighted by atomic mass is 9.93. The van der Waals surface area contributed by atoms with Crippen LogP contribution in [0, 0.1) is 6.92 Å². The minimum absolute atomic E-state index is 0.182. The van der Waals surface area contributed by atoms with E-state index in [0.29, 0.717) is 22.6 Å². The number of carboxylic acids is 1. The Morgan fingerprint density at radius 3 is 2.50 bits per heavy atom. The molecule has 2 aromatic rings. The average Bonchev–Trinajstić information content (AvgIpc) is 2.88. The minimum Gasteiger partial charge on any atom is -0.545 e. The maximum absolute atomic E-state index is 12.5. The maximum atomic E-state index is 12.5. The molecule has 0 saturated carbocycles. The Balaban J connectivity index is 2.20. The number of carboxylic acid groups (broad SMARTS) is 1. The molecule has 0 spiro atoms. The van der Waals surface area contributed by atoms with Gasteiger partial charge in [0.2, 0.25) is 0 Å². The SMILES string of the molecule is Cc1oc(C(C)(C)C)cc1C(=O)Nc1cccc(C=CC(=O)[O-])c1. The molecule has 0 aliphatic rings. The Morgan fingerprint density at radius 2 is 1.92 bits per heavy atom. The summed E-state index contributed by atoms with van der Waals surface area (Å²) in [5, 5.41) is 13.3. The molecule has 1 amide bonds. The number of furan rings is 1. The molecule has 1 N–H and O–H groups in total. The van der Waals surface area contributed by atoms with E-state index in [2.05, 4.69) is 5.32 Å². The number of benzene rings is 1. The van der Waals surface area contributed by atoms with Gasteiger partial charge < -0.3 is 19.6 Å². The van der Waals surface area contributed by atoms with Crippen molar-refractivity contribution in [2.24, 2.45) is 0 Å². The van der Waals surface area contributed by atoms with Crippen molar-refractivity contribution < 1.29 is 19.1 Å². The lowest BCUT2D eigenvalue weighted by Crippen LogP contribution is -2.18. The molecule has 0 saturated heterocycles. The van der Waals surface area contributed by atoms with Crippen LogP contribution in [0.4, 0.5) is 5.69 Å². The summed E-state index contributed by atoms with van der Waals surface area (Å²) in [5.74, 6) is -0.234.